The Balaban J connectivity index is 1.79. The van der Waals surface area contributed by atoms with Crippen LogP contribution in [0.4, 0.5) is 0 Å². The summed E-state index contributed by atoms with van der Waals surface area (Å²) < 4.78 is 17.1. The fourth-order valence-electron chi connectivity index (χ4n) is 5.55. The van der Waals surface area contributed by atoms with Gasteiger partial charge in [0.15, 0.2) is 17.3 Å². The van der Waals surface area contributed by atoms with Crippen molar-refractivity contribution >= 4 is 29.0 Å². The van der Waals surface area contributed by atoms with Gasteiger partial charge >= 0.3 is 0 Å². The van der Waals surface area contributed by atoms with E-state index in [4.69, 9.17) is 14.2 Å². The second-order valence-electron chi connectivity index (χ2n) is 9.49. The lowest BCUT2D eigenvalue weighted by atomic mass is 9.83. The van der Waals surface area contributed by atoms with E-state index in [0.29, 0.717) is 46.1 Å². The van der Waals surface area contributed by atoms with Crippen LogP contribution in [0.15, 0.2) is 47.4 Å². The summed E-state index contributed by atoms with van der Waals surface area (Å²) in [4.78, 5) is 44.5. The van der Waals surface area contributed by atoms with E-state index < -0.39 is 5.09 Å². The number of carbonyl (C=O) groups is 2. The van der Waals surface area contributed by atoms with Crippen LogP contribution in [-0.4, -0.2) is 62.4 Å². The zero-order valence-electron chi connectivity index (χ0n) is 23.1. The first-order valence-electron chi connectivity index (χ1n) is 12.7. The standard InChI is InChI=1S/C29H32N2O8S/c1-30(29(33)19-8-6-7-17(13-19)16-39-31(34)35)22-11-9-18-14-24(36-2)27(37-3)28(38-4)26(18)20-10-12-25(40-5)23(32)15-21(20)22/h6-8,10,12-14,21-22H,9,11,15-16H2,1-5H3/t21?,22-/m0/s1. The number of nitrogens with zero attached hydrogens (tertiary/aromatic N) is 2. The van der Waals surface area contributed by atoms with Crippen LogP contribution in [0.1, 0.15) is 39.9 Å². The number of aryl methyl sites for hydroxylation is 1. The van der Waals surface area contributed by atoms with Crippen LogP contribution >= 0.6 is 11.8 Å². The van der Waals surface area contributed by atoms with E-state index in [1.54, 1.807) is 57.5 Å². The summed E-state index contributed by atoms with van der Waals surface area (Å²) in [5, 5.41) is 9.77. The average molecular weight is 569 g/mol. The van der Waals surface area contributed by atoms with Crippen molar-refractivity contribution in [1.82, 2.24) is 4.90 Å². The smallest absolute Gasteiger partial charge is 0.294 e. The Morgan fingerprint density at radius 2 is 1.88 bits per heavy atom. The highest BCUT2D eigenvalue weighted by Crippen LogP contribution is 2.51. The molecule has 2 aliphatic carbocycles. The minimum atomic E-state index is -0.865. The molecular weight excluding hydrogens is 536 g/mol. The van der Waals surface area contributed by atoms with Crippen molar-refractivity contribution in [2.24, 2.45) is 5.92 Å². The fourth-order valence-corrected chi connectivity index (χ4v) is 6.07. The van der Waals surface area contributed by atoms with Crippen LogP contribution in [0, 0.1) is 16.0 Å². The number of thioether (sulfide) groups is 1. The molecule has 1 amide bonds. The first-order valence-corrected chi connectivity index (χ1v) is 13.9. The van der Waals surface area contributed by atoms with Gasteiger partial charge in [0.05, 0.1) is 26.2 Å². The Hall–Kier alpha value is -3.99. The van der Waals surface area contributed by atoms with Gasteiger partial charge in [0.25, 0.3) is 11.0 Å². The van der Waals surface area contributed by atoms with Crippen molar-refractivity contribution in [3.63, 3.8) is 0 Å². The second kappa shape index (κ2) is 12.5. The van der Waals surface area contributed by atoms with Crippen LogP contribution in [0.2, 0.25) is 0 Å². The number of hydrogen-bond donors (Lipinski definition) is 0. The van der Waals surface area contributed by atoms with Crippen LogP contribution in [0.3, 0.4) is 0 Å². The molecule has 0 aliphatic heterocycles. The third kappa shape index (κ3) is 5.65. The van der Waals surface area contributed by atoms with Crippen molar-refractivity contribution < 1.29 is 33.7 Å². The number of rotatable bonds is 9. The van der Waals surface area contributed by atoms with Gasteiger partial charge in [0.2, 0.25) is 5.75 Å². The van der Waals surface area contributed by atoms with Gasteiger partial charge in [-0.3, -0.25) is 9.59 Å². The van der Waals surface area contributed by atoms with Gasteiger partial charge in [0.1, 0.15) is 6.61 Å². The molecule has 0 heterocycles. The lowest BCUT2D eigenvalue weighted by molar-refractivity contribution is -0.763. The number of carbonyl (C=O) groups excluding carboxylic acids is 2. The lowest BCUT2D eigenvalue weighted by Gasteiger charge is -2.34. The van der Waals surface area contributed by atoms with E-state index in [-0.39, 0.29) is 36.7 Å². The number of fused-ring (bicyclic) bond motifs is 3. The molecule has 1 unspecified atom stereocenters. The largest absolute Gasteiger partial charge is 0.493 e. The highest BCUT2D eigenvalue weighted by atomic mass is 32.2. The van der Waals surface area contributed by atoms with Crippen LogP contribution < -0.4 is 14.2 Å². The summed E-state index contributed by atoms with van der Waals surface area (Å²) in [5.74, 6) is 0.958. The van der Waals surface area contributed by atoms with Crippen LogP contribution in [-0.2, 0) is 22.7 Å². The molecule has 0 saturated carbocycles. The first kappa shape index (κ1) is 29.0. The van der Waals surface area contributed by atoms with Crippen LogP contribution in [0.5, 0.6) is 17.2 Å². The number of ether oxygens (including phenoxy) is 3. The molecule has 212 valence electrons. The normalized spacial score (nSPS) is 18.2. The summed E-state index contributed by atoms with van der Waals surface area (Å²) >= 11 is 1.39. The molecule has 0 saturated heterocycles. The maximum absolute atomic E-state index is 13.8. The summed E-state index contributed by atoms with van der Waals surface area (Å²) in [7, 11) is 6.43. The quantitative estimate of drug-likeness (QED) is 0.313. The number of amides is 1. The molecule has 0 spiro atoms. The third-order valence-electron chi connectivity index (χ3n) is 7.42. The van der Waals surface area contributed by atoms with E-state index in [0.717, 1.165) is 16.7 Å². The molecule has 40 heavy (non-hydrogen) atoms. The molecule has 11 heteroatoms. The third-order valence-corrected chi connectivity index (χ3v) is 8.22. The zero-order valence-corrected chi connectivity index (χ0v) is 23.9. The van der Waals surface area contributed by atoms with Crippen molar-refractivity contribution in [3.8, 4) is 17.2 Å². The summed E-state index contributed by atoms with van der Waals surface area (Å²) in [6, 6.07) is 8.20. The second-order valence-corrected chi connectivity index (χ2v) is 10.3. The van der Waals surface area contributed by atoms with E-state index in [1.165, 1.54) is 11.8 Å². The number of methoxy groups -OCH3 is 3. The number of ketones is 1. The molecule has 4 rings (SSSR count). The van der Waals surface area contributed by atoms with Gasteiger partial charge in [-0.1, -0.05) is 18.2 Å². The summed E-state index contributed by atoms with van der Waals surface area (Å²) in [5.41, 5.74) is 3.59. The van der Waals surface area contributed by atoms with Gasteiger partial charge in [-0.2, -0.15) is 0 Å². The minimum Gasteiger partial charge on any atom is -0.493 e. The predicted octanol–water partition coefficient (Wildman–Crippen LogP) is 4.73. The Bertz CT molecular complexity index is 1390. The maximum Gasteiger partial charge on any atom is 0.294 e. The first-order chi connectivity index (χ1) is 19.2. The van der Waals surface area contributed by atoms with Crippen molar-refractivity contribution in [1.29, 1.82) is 0 Å². The number of Topliss-reactive ketones (excluding diaryl/α,β-unsaturated/α-hetero) is 1. The van der Waals surface area contributed by atoms with E-state index in [1.807, 2.05) is 24.5 Å². The Kier molecular flexibility index (Phi) is 9.03. The van der Waals surface area contributed by atoms with Gasteiger partial charge < -0.3 is 23.9 Å². The Morgan fingerprint density at radius 3 is 2.52 bits per heavy atom. The van der Waals surface area contributed by atoms with Crippen molar-refractivity contribution in [2.75, 3.05) is 34.6 Å². The molecule has 0 fully saturated rings. The lowest BCUT2D eigenvalue weighted by Crippen LogP contribution is -2.42. The molecule has 0 bridgehead atoms. The number of benzene rings is 2. The molecule has 2 atom stereocenters. The summed E-state index contributed by atoms with van der Waals surface area (Å²) in [6.07, 6.45) is 7.07. The van der Waals surface area contributed by atoms with Crippen molar-refractivity contribution in [2.45, 2.75) is 31.9 Å². The fraction of sp³-hybridized carbons (Fsp3) is 0.379. The molecule has 2 aliphatic rings. The topological polar surface area (TPSA) is 117 Å². The molecule has 10 nitrogen and oxygen atoms in total. The average Bonchev–Trinajstić information content (AvgIpc) is 3.21. The van der Waals surface area contributed by atoms with Gasteiger partial charge in [-0.15, -0.1) is 21.9 Å². The van der Waals surface area contributed by atoms with Gasteiger partial charge in [0, 0.05) is 36.6 Å². The number of hydrogen-bond acceptors (Lipinski definition) is 9. The minimum absolute atomic E-state index is 0.0106. The monoisotopic (exact) mass is 568 g/mol. The highest BCUT2D eigenvalue weighted by Gasteiger charge is 2.39. The molecule has 2 aromatic rings. The van der Waals surface area contributed by atoms with E-state index in [9.17, 15) is 19.7 Å². The molecule has 0 N–H and O–H groups in total. The zero-order chi connectivity index (χ0) is 29.0. The molecular formula is C29H32N2O8S. The van der Waals surface area contributed by atoms with Crippen molar-refractivity contribution in [3.05, 3.63) is 79.8 Å². The molecule has 2 aromatic carbocycles. The van der Waals surface area contributed by atoms with Gasteiger partial charge in [-0.05, 0) is 60.1 Å². The summed E-state index contributed by atoms with van der Waals surface area (Å²) in [6.45, 7) is -0.257. The van der Waals surface area contributed by atoms with Gasteiger partial charge in [-0.25, -0.2) is 0 Å². The van der Waals surface area contributed by atoms with Crippen LogP contribution in [0.25, 0.3) is 5.57 Å². The number of allylic oxidation sites excluding steroid dienone is 3. The molecule has 0 radical (unpaired) electrons. The maximum atomic E-state index is 13.8. The van der Waals surface area contributed by atoms with E-state index >= 15 is 0 Å². The Labute approximate surface area is 237 Å². The molecule has 0 aromatic heterocycles. The SMILES string of the molecule is COc1cc2c(c(OC)c1OC)C1=CC=C(SC)C(=O)CC1[C@@H](N(C)C(=O)c1cccc(CO[N+](=O)[O-])c1)CC2. The Morgan fingerprint density at radius 1 is 1.12 bits per heavy atom. The van der Waals surface area contributed by atoms with E-state index in [2.05, 4.69) is 4.84 Å². The predicted molar refractivity (Wildman–Crippen MR) is 151 cm³/mol. The highest BCUT2D eigenvalue weighted by molar-refractivity contribution is 8.03.